The molecule has 1 fully saturated rings. The minimum Gasteiger partial charge on any atom is -0.298 e. The van der Waals surface area contributed by atoms with Crippen LogP contribution in [0.3, 0.4) is 0 Å². The van der Waals surface area contributed by atoms with Crippen molar-refractivity contribution in [1.82, 2.24) is 0 Å². The largest absolute Gasteiger partial charge is 0.298 e. The molecule has 0 radical (unpaired) electrons. The van der Waals surface area contributed by atoms with Crippen molar-refractivity contribution in [3.63, 3.8) is 0 Å². The minimum atomic E-state index is 0.253. The van der Waals surface area contributed by atoms with Gasteiger partial charge in [0.05, 0.1) is 5.25 Å². The third-order valence-electron chi connectivity index (χ3n) is 3.56. The molecular weight excluding hydrogens is 240 g/mol. The number of carbonyl (C=O) groups is 1. The highest BCUT2D eigenvalue weighted by Crippen LogP contribution is 2.26. The molecule has 0 saturated carbocycles. The van der Waals surface area contributed by atoms with Crippen LogP contribution < -0.4 is 0 Å². The van der Waals surface area contributed by atoms with Crippen molar-refractivity contribution in [2.45, 2.75) is 50.7 Å². The van der Waals surface area contributed by atoms with E-state index in [1.165, 1.54) is 18.4 Å². The van der Waals surface area contributed by atoms with Crippen molar-refractivity contribution in [3.8, 4) is 0 Å². The molecule has 2 rings (SSSR count). The molecule has 0 aliphatic carbocycles. The summed E-state index contributed by atoms with van der Waals surface area (Å²) in [6.07, 6.45) is 4.18. The van der Waals surface area contributed by atoms with Crippen LogP contribution in [-0.4, -0.2) is 16.8 Å². The van der Waals surface area contributed by atoms with E-state index in [0.29, 0.717) is 18.1 Å². The summed E-state index contributed by atoms with van der Waals surface area (Å²) in [6, 6.07) is 8.53. The molecule has 0 amide bonds. The molecular formula is C16H22OS. The Morgan fingerprint density at radius 2 is 2.00 bits per heavy atom. The van der Waals surface area contributed by atoms with Gasteiger partial charge in [0.2, 0.25) is 0 Å². The van der Waals surface area contributed by atoms with Crippen LogP contribution in [0.2, 0.25) is 0 Å². The van der Waals surface area contributed by atoms with Gasteiger partial charge in [-0.05, 0) is 35.6 Å². The van der Waals surface area contributed by atoms with E-state index in [1.54, 1.807) is 0 Å². The fourth-order valence-electron chi connectivity index (χ4n) is 2.33. The first-order chi connectivity index (χ1) is 8.66. The summed E-state index contributed by atoms with van der Waals surface area (Å²) in [7, 11) is 0. The lowest BCUT2D eigenvalue weighted by Crippen LogP contribution is -2.22. The standard InChI is InChI=1S/C16H22OS/c1-12(2)14-8-6-13(7-9-14)11-15(17)16-5-3-4-10-18-16/h6-9,12,16H,3-5,10-11H2,1-2H3. The van der Waals surface area contributed by atoms with Crippen LogP contribution in [0.4, 0.5) is 0 Å². The highest BCUT2D eigenvalue weighted by Gasteiger charge is 2.21. The van der Waals surface area contributed by atoms with E-state index in [2.05, 4.69) is 38.1 Å². The molecule has 18 heavy (non-hydrogen) atoms. The van der Waals surface area contributed by atoms with Crippen molar-refractivity contribution < 1.29 is 4.79 Å². The molecule has 1 aromatic carbocycles. The zero-order valence-electron chi connectivity index (χ0n) is 11.3. The zero-order chi connectivity index (χ0) is 13.0. The molecule has 98 valence electrons. The molecule has 1 aliphatic heterocycles. The van der Waals surface area contributed by atoms with E-state index in [1.807, 2.05) is 11.8 Å². The van der Waals surface area contributed by atoms with Gasteiger partial charge in [0.15, 0.2) is 0 Å². The quantitative estimate of drug-likeness (QED) is 0.808. The predicted octanol–water partition coefficient (Wildman–Crippen LogP) is 4.21. The fraction of sp³-hybridized carbons (Fsp3) is 0.562. The van der Waals surface area contributed by atoms with E-state index in [0.717, 1.165) is 17.7 Å². The third-order valence-corrected chi connectivity index (χ3v) is 4.99. The van der Waals surface area contributed by atoms with Gasteiger partial charge in [-0.1, -0.05) is 44.5 Å². The van der Waals surface area contributed by atoms with E-state index >= 15 is 0 Å². The van der Waals surface area contributed by atoms with Crippen molar-refractivity contribution in [3.05, 3.63) is 35.4 Å². The summed E-state index contributed by atoms with van der Waals surface area (Å²) in [6.45, 7) is 4.39. The van der Waals surface area contributed by atoms with Gasteiger partial charge < -0.3 is 0 Å². The first kappa shape index (κ1) is 13.7. The zero-order valence-corrected chi connectivity index (χ0v) is 12.1. The Morgan fingerprint density at radius 1 is 1.28 bits per heavy atom. The number of ketones is 1. The maximum absolute atomic E-state index is 12.2. The maximum atomic E-state index is 12.2. The molecule has 2 heteroatoms. The molecule has 0 N–H and O–H groups in total. The maximum Gasteiger partial charge on any atom is 0.150 e. The monoisotopic (exact) mass is 262 g/mol. The number of hydrogen-bond donors (Lipinski definition) is 0. The third kappa shape index (κ3) is 3.61. The Balaban J connectivity index is 1.94. The second-order valence-corrected chi connectivity index (χ2v) is 6.71. The highest BCUT2D eigenvalue weighted by atomic mass is 32.2. The molecule has 1 saturated heterocycles. The van der Waals surface area contributed by atoms with Crippen LogP contribution in [0.5, 0.6) is 0 Å². The first-order valence-corrected chi connectivity index (χ1v) is 7.95. The number of rotatable bonds is 4. The lowest BCUT2D eigenvalue weighted by Gasteiger charge is -2.20. The topological polar surface area (TPSA) is 17.1 Å². The normalized spacial score (nSPS) is 20.1. The Hall–Kier alpha value is -0.760. The summed E-state index contributed by atoms with van der Waals surface area (Å²) in [4.78, 5) is 12.2. The Labute approximate surface area is 114 Å². The van der Waals surface area contributed by atoms with Gasteiger partial charge in [0.25, 0.3) is 0 Å². The minimum absolute atomic E-state index is 0.253. The molecule has 0 aromatic heterocycles. The average Bonchev–Trinajstić information content (AvgIpc) is 2.40. The SMILES string of the molecule is CC(C)c1ccc(CC(=O)C2CCCCS2)cc1. The van der Waals surface area contributed by atoms with Crippen molar-refractivity contribution in [2.75, 3.05) is 5.75 Å². The summed E-state index contributed by atoms with van der Waals surface area (Å²) >= 11 is 1.85. The second-order valence-electron chi connectivity index (χ2n) is 5.39. The van der Waals surface area contributed by atoms with E-state index < -0.39 is 0 Å². The van der Waals surface area contributed by atoms with E-state index in [4.69, 9.17) is 0 Å². The number of benzene rings is 1. The molecule has 0 bridgehead atoms. The van der Waals surface area contributed by atoms with Crippen molar-refractivity contribution in [1.29, 1.82) is 0 Å². The molecule has 1 aliphatic rings. The fourth-order valence-corrected chi connectivity index (χ4v) is 3.59. The number of hydrogen-bond acceptors (Lipinski definition) is 2. The summed E-state index contributed by atoms with van der Waals surface area (Å²) in [5.41, 5.74) is 2.51. The number of Topliss-reactive ketones (excluding diaryl/α,β-unsaturated/α-hetero) is 1. The lowest BCUT2D eigenvalue weighted by molar-refractivity contribution is -0.118. The van der Waals surface area contributed by atoms with Crippen LogP contribution in [0.15, 0.2) is 24.3 Å². The molecule has 0 spiro atoms. The van der Waals surface area contributed by atoms with Gasteiger partial charge in [0, 0.05) is 6.42 Å². The van der Waals surface area contributed by atoms with Gasteiger partial charge in [-0.3, -0.25) is 4.79 Å². The average molecular weight is 262 g/mol. The first-order valence-electron chi connectivity index (χ1n) is 6.90. The van der Waals surface area contributed by atoms with E-state index in [-0.39, 0.29) is 5.25 Å². The van der Waals surface area contributed by atoms with Gasteiger partial charge in [0.1, 0.15) is 5.78 Å². The smallest absolute Gasteiger partial charge is 0.150 e. The van der Waals surface area contributed by atoms with Crippen LogP contribution in [0, 0.1) is 0 Å². The van der Waals surface area contributed by atoms with Gasteiger partial charge in [-0.15, -0.1) is 0 Å². The van der Waals surface area contributed by atoms with Gasteiger partial charge in [-0.25, -0.2) is 0 Å². The lowest BCUT2D eigenvalue weighted by atomic mass is 9.98. The second kappa shape index (κ2) is 6.42. The Bertz CT molecular complexity index is 388. The van der Waals surface area contributed by atoms with Crippen molar-refractivity contribution >= 4 is 17.5 Å². The Morgan fingerprint density at radius 3 is 2.56 bits per heavy atom. The Kier molecular flexibility index (Phi) is 4.87. The van der Waals surface area contributed by atoms with Crippen LogP contribution in [0.1, 0.15) is 50.2 Å². The van der Waals surface area contributed by atoms with Gasteiger partial charge in [-0.2, -0.15) is 11.8 Å². The highest BCUT2D eigenvalue weighted by molar-refractivity contribution is 8.00. The molecule has 1 heterocycles. The molecule has 1 aromatic rings. The summed E-state index contributed by atoms with van der Waals surface area (Å²) in [5, 5.41) is 0.253. The van der Waals surface area contributed by atoms with Crippen LogP contribution in [-0.2, 0) is 11.2 Å². The van der Waals surface area contributed by atoms with Crippen LogP contribution >= 0.6 is 11.8 Å². The number of thioether (sulfide) groups is 1. The summed E-state index contributed by atoms with van der Waals surface area (Å²) < 4.78 is 0. The van der Waals surface area contributed by atoms with E-state index in [9.17, 15) is 4.79 Å². The van der Waals surface area contributed by atoms with Crippen molar-refractivity contribution in [2.24, 2.45) is 0 Å². The van der Waals surface area contributed by atoms with Gasteiger partial charge >= 0.3 is 0 Å². The number of carbonyl (C=O) groups excluding carboxylic acids is 1. The molecule has 1 nitrogen and oxygen atoms in total. The summed E-state index contributed by atoms with van der Waals surface area (Å²) in [5.74, 6) is 2.13. The predicted molar refractivity (Wildman–Crippen MR) is 79.3 cm³/mol. The van der Waals surface area contributed by atoms with Crippen LogP contribution in [0.25, 0.3) is 0 Å². The molecule has 1 atom stereocenters. The molecule has 1 unspecified atom stereocenters.